The molecule has 0 N–H and O–H groups in total. The van der Waals surface area contributed by atoms with E-state index in [4.69, 9.17) is 9.47 Å². The largest absolute Gasteiger partial charge is 0.493 e. The third-order valence-electron chi connectivity index (χ3n) is 5.63. The zero-order valence-corrected chi connectivity index (χ0v) is 15.1. The van der Waals surface area contributed by atoms with Crippen LogP contribution in [0.1, 0.15) is 36.8 Å². The molecule has 2 aliphatic carbocycles. The van der Waals surface area contributed by atoms with Gasteiger partial charge in [-0.2, -0.15) is 0 Å². The van der Waals surface area contributed by atoms with Gasteiger partial charge in [0.15, 0.2) is 0 Å². The average Bonchev–Trinajstić information content (AvgIpc) is 3.30. The third-order valence-corrected chi connectivity index (χ3v) is 5.63. The molecule has 2 fully saturated rings. The lowest BCUT2D eigenvalue weighted by Crippen LogP contribution is -2.19. The number of aryl methyl sites for hydroxylation is 1. The predicted molar refractivity (Wildman–Crippen MR) is 101 cm³/mol. The molecule has 0 heterocycles. The van der Waals surface area contributed by atoms with Crippen LogP contribution in [0.25, 0.3) is 0 Å². The van der Waals surface area contributed by atoms with E-state index in [0.717, 1.165) is 43.0 Å². The maximum absolute atomic E-state index is 5.97. The van der Waals surface area contributed by atoms with Gasteiger partial charge in [0.25, 0.3) is 0 Å². The zero-order chi connectivity index (χ0) is 17.1. The Kier molecular flexibility index (Phi) is 4.96. The fraction of sp³-hybridized carbons (Fsp3) is 0.478. The lowest BCUT2D eigenvalue weighted by Gasteiger charge is -2.25. The Morgan fingerprint density at radius 3 is 2.40 bits per heavy atom. The minimum Gasteiger partial charge on any atom is -0.493 e. The summed E-state index contributed by atoms with van der Waals surface area (Å²) in [5, 5.41) is 0. The second-order valence-electron chi connectivity index (χ2n) is 7.84. The SMILES string of the molecule is Cc1cccc(OCC2CC2Cc2cccc(OCC3CCC3)c2)c1. The molecule has 4 rings (SSSR count). The number of hydrogen-bond acceptors (Lipinski definition) is 2. The van der Waals surface area contributed by atoms with E-state index in [-0.39, 0.29) is 0 Å². The van der Waals surface area contributed by atoms with Crippen LogP contribution >= 0.6 is 0 Å². The molecule has 0 radical (unpaired) electrons. The Hall–Kier alpha value is -1.96. The zero-order valence-electron chi connectivity index (χ0n) is 15.1. The smallest absolute Gasteiger partial charge is 0.119 e. The molecule has 2 atom stereocenters. The lowest BCUT2D eigenvalue weighted by atomic mass is 9.86. The number of hydrogen-bond donors (Lipinski definition) is 0. The molecular weight excluding hydrogens is 308 g/mol. The molecule has 2 unspecified atom stereocenters. The van der Waals surface area contributed by atoms with E-state index in [9.17, 15) is 0 Å². The molecule has 2 heteroatoms. The summed E-state index contributed by atoms with van der Waals surface area (Å²) >= 11 is 0. The third kappa shape index (κ3) is 4.56. The molecule has 0 spiro atoms. The van der Waals surface area contributed by atoms with Crippen molar-refractivity contribution < 1.29 is 9.47 Å². The van der Waals surface area contributed by atoms with Gasteiger partial charge in [-0.1, -0.05) is 30.7 Å². The minimum absolute atomic E-state index is 0.695. The highest BCUT2D eigenvalue weighted by molar-refractivity contribution is 5.30. The van der Waals surface area contributed by atoms with Crippen molar-refractivity contribution in [3.8, 4) is 11.5 Å². The van der Waals surface area contributed by atoms with Crippen molar-refractivity contribution in [1.29, 1.82) is 0 Å². The Morgan fingerprint density at radius 2 is 1.64 bits per heavy atom. The Morgan fingerprint density at radius 1 is 0.880 bits per heavy atom. The van der Waals surface area contributed by atoms with E-state index < -0.39 is 0 Å². The van der Waals surface area contributed by atoms with Crippen molar-refractivity contribution in [2.24, 2.45) is 17.8 Å². The first kappa shape index (κ1) is 16.5. The summed E-state index contributed by atoms with van der Waals surface area (Å²) in [6, 6.07) is 17.0. The second kappa shape index (κ2) is 7.51. The second-order valence-corrected chi connectivity index (χ2v) is 7.84. The first-order valence-electron chi connectivity index (χ1n) is 9.67. The van der Waals surface area contributed by atoms with Crippen LogP contribution in [0, 0.1) is 24.7 Å². The monoisotopic (exact) mass is 336 g/mol. The van der Waals surface area contributed by atoms with E-state index in [1.807, 2.05) is 6.07 Å². The maximum atomic E-state index is 5.97. The minimum atomic E-state index is 0.695. The molecule has 2 saturated carbocycles. The highest BCUT2D eigenvalue weighted by Gasteiger charge is 2.37. The van der Waals surface area contributed by atoms with Gasteiger partial charge in [-0.3, -0.25) is 0 Å². The first-order chi connectivity index (χ1) is 12.3. The Bertz CT molecular complexity index is 705. The van der Waals surface area contributed by atoms with Gasteiger partial charge < -0.3 is 9.47 Å². The van der Waals surface area contributed by atoms with Gasteiger partial charge in [-0.05, 0) is 85.8 Å². The first-order valence-corrected chi connectivity index (χ1v) is 9.67. The van der Waals surface area contributed by atoms with Crippen molar-refractivity contribution in [1.82, 2.24) is 0 Å². The van der Waals surface area contributed by atoms with Crippen molar-refractivity contribution >= 4 is 0 Å². The highest BCUT2D eigenvalue weighted by atomic mass is 16.5. The van der Waals surface area contributed by atoms with Gasteiger partial charge in [0.1, 0.15) is 11.5 Å². The lowest BCUT2D eigenvalue weighted by molar-refractivity contribution is 0.180. The highest BCUT2D eigenvalue weighted by Crippen LogP contribution is 2.41. The maximum Gasteiger partial charge on any atom is 0.119 e. The van der Waals surface area contributed by atoms with E-state index in [1.54, 1.807) is 0 Å². The number of rotatable bonds is 8. The van der Waals surface area contributed by atoms with Gasteiger partial charge in [0.2, 0.25) is 0 Å². The summed E-state index contributed by atoms with van der Waals surface area (Å²) < 4.78 is 11.9. The van der Waals surface area contributed by atoms with Gasteiger partial charge >= 0.3 is 0 Å². The van der Waals surface area contributed by atoms with Gasteiger partial charge in [0, 0.05) is 0 Å². The molecule has 2 aromatic rings. The quantitative estimate of drug-likeness (QED) is 0.640. The van der Waals surface area contributed by atoms with Crippen LogP contribution in [-0.2, 0) is 6.42 Å². The van der Waals surface area contributed by atoms with E-state index in [0.29, 0.717) is 5.92 Å². The van der Waals surface area contributed by atoms with E-state index in [1.165, 1.54) is 36.8 Å². The molecule has 0 saturated heterocycles. The van der Waals surface area contributed by atoms with Crippen LogP contribution in [0.4, 0.5) is 0 Å². The molecule has 0 aliphatic heterocycles. The summed E-state index contributed by atoms with van der Waals surface area (Å²) in [7, 11) is 0. The van der Waals surface area contributed by atoms with Gasteiger partial charge in [-0.15, -0.1) is 0 Å². The van der Waals surface area contributed by atoms with Crippen LogP contribution in [-0.4, -0.2) is 13.2 Å². The van der Waals surface area contributed by atoms with Crippen LogP contribution < -0.4 is 9.47 Å². The summed E-state index contributed by atoms with van der Waals surface area (Å²) in [5.74, 6) is 4.27. The van der Waals surface area contributed by atoms with Gasteiger partial charge in [0.05, 0.1) is 13.2 Å². The molecular formula is C23H28O2. The molecule has 0 aromatic heterocycles. The van der Waals surface area contributed by atoms with Crippen molar-refractivity contribution in [3.05, 3.63) is 59.7 Å². The van der Waals surface area contributed by atoms with E-state index >= 15 is 0 Å². The van der Waals surface area contributed by atoms with Crippen LogP contribution in [0.2, 0.25) is 0 Å². The molecule has 0 bridgehead atoms. The predicted octanol–water partition coefficient (Wildman–Crippen LogP) is 5.43. The molecule has 2 aliphatic rings. The molecule has 0 amide bonds. The Labute approximate surface area is 151 Å². The molecule has 25 heavy (non-hydrogen) atoms. The standard InChI is InChI=1S/C23H28O2/c1-17-5-2-9-22(11-17)25-16-21-14-20(21)12-19-8-4-10-23(13-19)24-15-18-6-3-7-18/h2,4-5,8-11,13,18,20-21H,3,6-7,12,14-16H2,1H3. The summed E-state index contributed by atoms with van der Waals surface area (Å²) in [5.41, 5.74) is 2.65. The number of benzene rings is 2. The van der Waals surface area contributed by atoms with Crippen molar-refractivity contribution in [2.45, 2.75) is 39.0 Å². The summed E-state index contributed by atoms with van der Waals surface area (Å²) in [6.45, 7) is 3.83. The molecule has 132 valence electrons. The van der Waals surface area contributed by atoms with Crippen LogP contribution in [0.3, 0.4) is 0 Å². The normalized spacial score (nSPS) is 22.3. The van der Waals surface area contributed by atoms with Crippen LogP contribution in [0.15, 0.2) is 48.5 Å². The fourth-order valence-corrected chi connectivity index (χ4v) is 3.61. The Balaban J connectivity index is 1.23. The summed E-state index contributed by atoms with van der Waals surface area (Å²) in [4.78, 5) is 0. The van der Waals surface area contributed by atoms with Crippen molar-refractivity contribution in [2.75, 3.05) is 13.2 Å². The van der Waals surface area contributed by atoms with Crippen LogP contribution in [0.5, 0.6) is 11.5 Å². The fourth-order valence-electron chi connectivity index (χ4n) is 3.61. The van der Waals surface area contributed by atoms with Crippen molar-refractivity contribution in [3.63, 3.8) is 0 Å². The van der Waals surface area contributed by atoms with Gasteiger partial charge in [-0.25, -0.2) is 0 Å². The summed E-state index contributed by atoms with van der Waals surface area (Å²) in [6.07, 6.45) is 6.47. The molecule has 2 aromatic carbocycles. The topological polar surface area (TPSA) is 18.5 Å². The number of ether oxygens (including phenoxy) is 2. The van der Waals surface area contributed by atoms with E-state index in [2.05, 4.69) is 49.4 Å². The average molecular weight is 336 g/mol. The molecule has 2 nitrogen and oxygen atoms in total.